The number of hydrogen-bond acceptors (Lipinski definition) is 4. The molecule has 0 fully saturated rings. The van der Waals surface area contributed by atoms with Crippen molar-refractivity contribution in [1.29, 1.82) is 0 Å². The Kier molecular flexibility index (Phi) is 6.98. The van der Waals surface area contributed by atoms with Gasteiger partial charge in [0, 0.05) is 6.42 Å². The number of nitrogens with one attached hydrogen (secondary N) is 2. The molecular formula is C29H27FN2O4. The minimum absolute atomic E-state index is 0.00881. The van der Waals surface area contributed by atoms with Gasteiger partial charge in [-0.1, -0.05) is 60.7 Å². The summed E-state index contributed by atoms with van der Waals surface area (Å²) in [6, 6.07) is 20.4. The van der Waals surface area contributed by atoms with Crippen LogP contribution in [0.15, 0.2) is 84.9 Å². The fourth-order valence-electron chi connectivity index (χ4n) is 4.60. The Labute approximate surface area is 209 Å². The highest BCUT2D eigenvalue weighted by Crippen LogP contribution is 2.35. The summed E-state index contributed by atoms with van der Waals surface area (Å²) >= 11 is 0. The number of ether oxygens (including phenoxy) is 2. The number of rotatable bonds is 3. The van der Waals surface area contributed by atoms with Gasteiger partial charge in [-0.3, -0.25) is 9.59 Å². The first-order chi connectivity index (χ1) is 17.6. The summed E-state index contributed by atoms with van der Waals surface area (Å²) in [5, 5.41) is 6.19. The smallest absolute Gasteiger partial charge is 0.231 e. The van der Waals surface area contributed by atoms with E-state index in [-0.39, 0.29) is 42.9 Å². The van der Waals surface area contributed by atoms with Crippen molar-refractivity contribution in [2.45, 2.75) is 37.3 Å². The third-order valence-electron chi connectivity index (χ3n) is 6.54. The zero-order chi connectivity index (χ0) is 24.9. The first kappa shape index (κ1) is 23.6. The molecule has 2 heterocycles. The maximum Gasteiger partial charge on any atom is 0.231 e. The second-order valence-electron chi connectivity index (χ2n) is 8.96. The van der Waals surface area contributed by atoms with Crippen LogP contribution in [0.2, 0.25) is 0 Å². The van der Waals surface area contributed by atoms with Gasteiger partial charge in [-0.05, 0) is 53.8 Å². The van der Waals surface area contributed by atoms with Crippen molar-refractivity contribution in [3.05, 3.63) is 107 Å². The lowest BCUT2D eigenvalue weighted by Crippen LogP contribution is -2.37. The average Bonchev–Trinajstić information content (AvgIpc) is 3.36. The van der Waals surface area contributed by atoms with E-state index in [1.165, 1.54) is 12.1 Å². The molecule has 3 atom stereocenters. The van der Waals surface area contributed by atoms with Crippen LogP contribution >= 0.6 is 0 Å². The van der Waals surface area contributed by atoms with Gasteiger partial charge in [-0.15, -0.1) is 0 Å². The number of hydrogen-bond donors (Lipinski definition) is 2. The lowest BCUT2D eigenvalue weighted by Gasteiger charge is -2.25. The van der Waals surface area contributed by atoms with Crippen molar-refractivity contribution in [3.63, 3.8) is 0 Å². The summed E-state index contributed by atoms with van der Waals surface area (Å²) < 4.78 is 24.5. The molecule has 0 saturated heterocycles. The van der Waals surface area contributed by atoms with Gasteiger partial charge in [-0.25, -0.2) is 4.39 Å². The molecule has 2 N–H and O–H groups in total. The quantitative estimate of drug-likeness (QED) is 0.506. The zero-order valence-corrected chi connectivity index (χ0v) is 19.7. The predicted octanol–water partition coefficient (Wildman–Crippen LogP) is 5.09. The second-order valence-corrected chi connectivity index (χ2v) is 8.96. The molecule has 3 aromatic carbocycles. The first-order valence-electron chi connectivity index (χ1n) is 12.0. The lowest BCUT2D eigenvalue weighted by molar-refractivity contribution is -0.128. The third-order valence-corrected chi connectivity index (χ3v) is 6.54. The largest absolute Gasteiger partial charge is 0.454 e. The highest BCUT2D eigenvalue weighted by Gasteiger charge is 2.28. The summed E-state index contributed by atoms with van der Waals surface area (Å²) in [5.41, 5.74) is 2.46. The van der Waals surface area contributed by atoms with Gasteiger partial charge in [0.2, 0.25) is 18.6 Å². The number of carbonyl (C=O) groups excluding carboxylic acids is 2. The van der Waals surface area contributed by atoms with Crippen molar-refractivity contribution in [1.82, 2.24) is 10.6 Å². The number of benzene rings is 3. The van der Waals surface area contributed by atoms with Crippen LogP contribution in [0.5, 0.6) is 11.5 Å². The van der Waals surface area contributed by atoms with Crippen molar-refractivity contribution in [2.75, 3.05) is 6.79 Å². The molecular weight excluding hydrogens is 459 g/mol. The van der Waals surface area contributed by atoms with Crippen LogP contribution in [0.3, 0.4) is 0 Å². The van der Waals surface area contributed by atoms with Crippen molar-refractivity contribution < 1.29 is 23.5 Å². The standard InChI is InChI=1S/C29H27FN2O4/c30-22-13-10-20(11-14-22)24-8-4-5-9-25(21-12-15-26-27(16-21)36-18-35-26)32-29(34)23(17-28(33)31-24)19-6-2-1-3-7-19/h1-7,10-16,23-25H,8-9,17-18H2,(H,31,33)(H,32,34)/b5-4-/t23-,24+,25-/m1/s1. The molecule has 2 amide bonds. The van der Waals surface area contributed by atoms with Gasteiger partial charge >= 0.3 is 0 Å². The Bertz CT molecular complexity index is 1260. The molecule has 3 aromatic rings. The number of fused-ring (bicyclic) bond motifs is 1. The predicted molar refractivity (Wildman–Crippen MR) is 133 cm³/mol. The lowest BCUT2D eigenvalue weighted by atomic mass is 9.92. The Hall–Kier alpha value is -4.13. The van der Waals surface area contributed by atoms with Crippen LogP contribution in [0.25, 0.3) is 0 Å². The van der Waals surface area contributed by atoms with Gasteiger partial charge in [0.15, 0.2) is 11.5 Å². The minimum Gasteiger partial charge on any atom is -0.454 e. The van der Waals surface area contributed by atoms with E-state index in [4.69, 9.17) is 9.47 Å². The van der Waals surface area contributed by atoms with E-state index < -0.39 is 5.92 Å². The molecule has 36 heavy (non-hydrogen) atoms. The van der Waals surface area contributed by atoms with Crippen LogP contribution < -0.4 is 20.1 Å². The molecule has 0 bridgehead atoms. The summed E-state index contributed by atoms with van der Waals surface area (Å²) in [5.74, 6) is -0.156. The fraction of sp³-hybridized carbons (Fsp3) is 0.241. The topological polar surface area (TPSA) is 76.7 Å². The van der Waals surface area contributed by atoms with Gasteiger partial charge < -0.3 is 20.1 Å². The zero-order valence-electron chi connectivity index (χ0n) is 19.7. The molecule has 184 valence electrons. The van der Waals surface area contributed by atoms with Gasteiger partial charge in [0.05, 0.1) is 18.0 Å². The van der Waals surface area contributed by atoms with E-state index >= 15 is 0 Å². The monoisotopic (exact) mass is 486 g/mol. The summed E-state index contributed by atoms with van der Waals surface area (Å²) in [6.07, 6.45) is 5.06. The normalized spacial score (nSPS) is 23.1. The minimum atomic E-state index is -0.667. The van der Waals surface area contributed by atoms with Gasteiger partial charge in [0.25, 0.3) is 0 Å². The number of halogens is 1. The van der Waals surface area contributed by atoms with Crippen LogP contribution in [0.4, 0.5) is 4.39 Å². The summed E-state index contributed by atoms with van der Waals surface area (Å²) in [6.45, 7) is 0.172. The van der Waals surface area contributed by atoms with E-state index in [0.717, 1.165) is 16.7 Å². The van der Waals surface area contributed by atoms with Crippen LogP contribution in [0, 0.1) is 5.82 Å². The summed E-state index contributed by atoms with van der Waals surface area (Å²) in [4.78, 5) is 26.7. The molecule has 6 nitrogen and oxygen atoms in total. The average molecular weight is 487 g/mol. The van der Waals surface area contributed by atoms with Crippen LogP contribution in [-0.4, -0.2) is 18.6 Å². The second kappa shape index (κ2) is 10.6. The highest BCUT2D eigenvalue weighted by molar-refractivity contribution is 5.90. The molecule has 0 aromatic heterocycles. The molecule has 0 unspecified atom stereocenters. The third kappa shape index (κ3) is 5.40. The Morgan fingerprint density at radius 2 is 1.39 bits per heavy atom. The Morgan fingerprint density at radius 3 is 2.14 bits per heavy atom. The van der Waals surface area contributed by atoms with Crippen molar-refractivity contribution >= 4 is 11.8 Å². The van der Waals surface area contributed by atoms with E-state index in [9.17, 15) is 14.0 Å². The van der Waals surface area contributed by atoms with Crippen molar-refractivity contribution in [2.24, 2.45) is 0 Å². The van der Waals surface area contributed by atoms with Crippen LogP contribution in [0.1, 0.15) is 54.0 Å². The number of amides is 2. The van der Waals surface area contributed by atoms with Gasteiger partial charge in [0.1, 0.15) is 5.82 Å². The Morgan fingerprint density at radius 1 is 0.722 bits per heavy atom. The molecule has 5 rings (SSSR count). The van der Waals surface area contributed by atoms with Crippen LogP contribution in [-0.2, 0) is 9.59 Å². The maximum absolute atomic E-state index is 13.6. The molecule has 0 spiro atoms. The van der Waals surface area contributed by atoms with E-state index in [2.05, 4.69) is 10.6 Å². The SMILES string of the molecule is O=C1C[C@H](c2ccccc2)C(=O)N[C@@H](c2ccc3c(c2)OCO3)C/C=C\C[C@@H](c2ccc(F)cc2)N1. The fourth-order valence-corrected chi connectivity index (χ4v) is 4.60. The molecule has 0 aliphatic carbocycles. The molecule has 0 radical (unpaired) electrons. The number of carbonyl (C=O) groups is 2. The van der Waals surface area contributed by atoms with Crippen molar-refractivity contribution in [3.8, 4) is 11.5 Å². The van der Waals surface area contributed by atoms with E-state index in [0.29, 0.717) is 24.3 Å². The summed E-state index contributed by atoms with van der Waals surface area (Å²) in [7, 11) is 0. The maximum atomic E-state index is 13.6. The van der Waals surface area contributed by atoms with E-state index in [1.54, 1.807) is 12.1 Å². The highest BCUT2D eigenvalue weighted by atomic mass is 19.1. The van der Waals surface area contributed by atoms with E-state index in [1.807, 2.05) is 60.7 Å². The molecule has 0 saturated carbocycles. The first-order valence-corrected chi connectivity index (χ1v) is 12.0. The molecule has 2 aliphatic rings. The van der Waals surface area contributed by atoms with Gasteiger partial charge in [-0.2, -0.15) is 0 Å². The Balaban J connectivity index is 1.48. The molecule has 7 heteroatoms. The molecule has 2 aliphatic heterocycles.